The van der Waals surface area contributed by atoms with E-state index in [9.17, 15) is 4.39 Å². The first kappa shape index (κ1) is 17.6. The summed E-state index contributed by atoms with van der Waals surface area (Å²) in [4.78, 5) is 8.89. The molecule has 0 aliphatic carbocycles. The van der Waals surface area contributed by atoms with E-state index in [-0.39, 0.29) is 35.4 Å². The van der Waals surface area contributed by atoms with Gasteiger partial charge in [0, 0.05) is 17.3 Å². The third-order valence-electron chi connectivity index (χ3n) is 1.89. The predicted molar refractivity (Wildman–Crippen MR) is 66.8 cm³/mol. The van der Waals surface area contributed by atoms with Crippen LogP contribution in [-0.4, -0.2) is 5.97 Å². The molecular weight excluding hydrogens is 256 g/mol. The second kappa shape index (κ2) is 9.55. The van der Waals surface area contributed by atoms with Gasteiger partial charge in [0.15, 0.2) is 0 Å². The van der Waals surface area contributed by atoms with Gasteiger partial charge in [0.2, 0.25) is 0 Å². The van der Waals surface area contributed by atoms with Crippen molar-refractivity contribution < 1.29 is 43.8 Å². The normalized spacial score (nSPS) is 8.53. The number of anilines is 2. The number of aliphatic carboxylic acids is 1. The van der Waals surface area contributed by atoms with Crippen LogP contribution in [0.5, 0.6) is 0 Å². The number of hydrogen-bond donors (Lipinski definition) is 1. The van der Waals surface area contributed by atoms with Gasteiger partial charge in [-0.25, -0.2) is 4.39 Å². The molecule has 0 radical (unpaired) electrons. The molecule has 2 aromatic rings. The minimum atomic E-state index is -1.08. The van der Waals surface area contributed by atoms with E-state index < -0.39 is 5.97 Å². The number of hydrogen-bond acceptors (Lipinski definition) is 3. The molecule has 3 nitrogen and oxygen atoms in total. The second-order valence-electron chi connectivity index (χ2n) is 3.49. The van der Waals surface area contributed by atoms with Gasteiger partial charge in [-0.3, -0.25) is 0 Å². The average Bonchev–Trinajstić information content (AvgIpc) is 2.29. The SMILES string of the molecule is CC(=O)[O-].Fc1cccc(Nc2ccccc2)c1.[Na+]. The van der Waals surface area contributed by atoms with Gasteiger partial charge in [0.25, 0.3) is 0 Å². The van der Waals surface area contributed by atoms with Crippen molar-refractivity contribution in [3.8, 4) is 0 Å². The van der Waals surface area contributed by atoms with Crippen molar-refractivity contribution in [3.05, 3.63) is 60.4 Å². The Bertz CT molecular complexity index is 502. The van der Waals surface area contributed by atoms with Crippen LogP contribution in [0.2, 0.25) is 0 Å². The van der Waals surface area contributed by atoms with Gasteiger partial charge in [0.1, 0.15) is 5.82 Å². The fourth-order valence-corrected chi connectivity index (χ4v) is 1.25. The van der Waals surface area contributed by atoms with Crippen LogP contribution in [0.1, 0.15) is 6.92 Å². The molecule has 2 aromatic carbocycles. The molecule has 0 heterocycles. The van der Waals surface area contributed by atoms with Crippen molar-refractivity contribution in [2.24, 2.45) is 0 Å². The first-order valence-electron chi connectivity index (χ1n) is 5.33. The molecule has 5 heteroatoms. The van der Waals surface area contributed by atoms with Crippen molar-refractivity contribution in [2.45, 2.75) is 6.92 Å². The zero-order chi connectivity index (χ0) is 13.4. The Morgan fingerprint density at radius 1 is 1.05 bits per heavy atom. The predicted octanol–water partition coefficient (Wildman–Crippen LogP) is -0.671. The Balaban J connectivity index is 0.000000576. The zero-order valence-corrected chi connectivity index (χ0v) is 12.9. The van der Waals surface area contributed by atoms with Crippen LogP contribution in [0.25, 0.3) is 0 Å². The van der Waals surface area contributed by atoms with E-state index in [1.54, 1.807) is 6.07 Å². The minimum absolute atomic E-state index is 0. The molecule has 0 saturated carbocycles. The molecule has 1 N–H and O–H groups in total. The van der Waals surface area contributed by atoms with E-state index >= 15 is 0 Å². The van der Waals surface area contributed by atoms with E-state index in [0.717, 1.165) is 18.3 Å². The van der Waals surface area contributed by atoms with Gasteiger partial charge in [0.05, 0.1) is 0 Å². The summed E-state index contributed by atoms with van der Waals surface area (Å²) in [5.41, 5.74) is 1.72. The van der Waals surface area contributed by atoms with E-state index in [0.29, 0.717) is 0 Å². The Morgan fingerprint density at radius 3 is 2.11 bits per heavy atom. The molecule has 0 saturated heterocycles. The molecular formula is C14H13FNNaO2. The molecule has 0 atom stereocenters. The maximum atomic E-state index is 12.8. The second-order valence-corrected chi connectivity index (χ2v) is 3.49. The van der Waals surface area contributed by atoms with Gasteiger partial charge < -0.3 is 15.2 Å². The summed E-state index contributed by atoms with van der Waals surface area (Å²) in [6, 6.07) is 16.1. The smallest absolute Gasteiger partial charge is 0.550 e. The van der Waals surface area contributed by atoms with Gasteiger partial charge in [-0.2, -0.15) is 0 Å². The molecule has 0 bridgehead atoms. The van der Waals surface area contributed by atoms with Crippen LogP contribution in [0.3, 0.4) is 0 Å². The number of halogens is 1. The standard InChI is InChI=1S/C12H10FN.C2H4O2.Na/c13-10-5-4-8-12(9-10)14-11-6-2-1-3-7-11;1-2(3)4;/h1-9,14H;1H3,(H,3,4);/q;;+1/p-1. The van der Waals surface area contributed by atoms with Crippen molar-refractivity contribution in [3.63, 3.8) is 0 Å². The number of rotatable bonds is 2. The molecule has 0 aliphatic rings. The van der Waals surface area contributed by atoms with E-state index in [4.69, 9.17) is 9.90 Å². The third kappa shape index (κ3) is 8.37. The summed E-state index contributed by atoms with van der Waals surface area (Å²) in [6.45, 7) is 0.972. The Kier molecular flexibility index (Phi) is 8.87. The van der Waals surface area contributed by atoms with Crippen LogP contribution in [0.4, 0.5) is 15.8 Å². The number of carbonyl (C=O) groups excluding carboxylic acids is 1. The van der Waals surface area contributed by atoms with E-state index in [1.807, 2.05) is 36.4 Å². The Morgan fingerprint density at radius 2 is 1.58 bits per heavy atom. The molecule has 0 unspecified atom stereocenters. The monoisotopic (exact) mass is 269 g/mol. The summed E-state index contributed by atoms with van der Waals surface area (Å²) in [5, 5.41) is 12.0. The van der Waals surface area contributed by atoms with Crippen LogP contribution < -0.4 is 40.0 Å². The molecule has 19 heavy (non-hydrogen) atoms. The Hall–Kier alpha value is -1.36. The van der Waals surface area contributed by atoms with E-state index in [1.165, 1.54) is 12.1 Å². The number of carboxylic acid groups (broad SMARTS) is 1. The van der Waals surface area contributed by atoms with Crippen molar-refractivity contribution in [1.82, 2.24) is 0 Å². The molecule has 0 fully saturated rings. The average molecular weight is 269 g/mol. The fraction of sp³-hybridized carbons (Fsp3) is 0.0714. The third-order valence-corrected chi connectivity index (χ3v) is 1.89. The molecule has 0 amide bonds. The maximum absolute atomic E-state index is 12.8. The van der Waals surface area contributed by atoms with Crippen molar-refractivity contribution >= 4 is 17.3 Å². The van der Waals surface area contributed by atoms with Crippen LogP contribution in [-0.2, 0) is 4.79 Å². The van der Waals surface area contributed by atoms with Gasteiger partial charge >= 0.3 is 29.6 Å². The maximum Gasteiger partial charge on any atom is 1.00 e. The van der Waals surface area contributed by atoms with Crippen LogP contribution in [0.15, 0.2) is 54.6 Å². The largest absolute Gasteiger partial charge is 1.00 e. The Labute approximate surface area is 133 Å². The van der Waals surface area contributed by atoms with Crippen LogP contribution >= 0.6 is 0 Å². The number of carboxylic acids is 1. The molecule has 94 valence electrons. The molecule has 0 spiro atoms. The number of benzene rings is 2. The van der Waals surface area contributed by atoms with Gasteiger partial charge in [-0.05, 0) is 37.3 Å². The van der Waals surface area contributed by atoms with Gasteiger partial charge in [-0.15, -0.1) is 0 Å². The molecule has 2 rings (SSSR count). The summed E-state index contributed by atoms with van der Waals surface area (Å²) in [7, 11) is 0. The van der Waals surface area contributed by atoms with Crippen molar-refractivity contribution in [1.29, 1.82) is 0 Å². The fourth-order valence-electron chi connectivity index (χ4n) is 1.25. The number of carbonyl (C=O) groups is 1. The van der Waals surface area contributed by atoms with Crippen molar-refractivity contribution in [2.75, 3.05) is 5.32 Å². The first-order chi connectivity index (χ1) is 8.58. The summed E-state index contributed by atoms with van der Waals surface area (Å²) >= 11 is 0. The van der Waals surface area contributed by atoms with E-state index in [2.05, 4.69) is 5.32 Å². The number of para-hydroxylation sites is 1. The topological polar surface area (TPSA) is 52.2 Å². The summed E-state index contributed by atoms with van der Waals surface area (Å²) in [6.07, 6.45) is 0. The summed E-state index contributed by atoms with van der Waals surface area (Å²) in [5.74, 6) is -1.31. The quantitative estimate of drug-likeness (QED) is 0.736. The minimum Gasteiger partial charge on any atom is -0.550 e. The first-order valence-corrected chi connectivity index (χ1v) is 5.33. The van der Waals surface area contributed by atoms with Gasteiger partial charge in [-0.1, -0.05) is 24.3 Å². The summed E-state index contributed by atoms with van der Waals surface area (Å²) < 4.78 is 12.8. The molecule has 0 aromatic heterocycles. The molecule has 0 aliphatic heterocycles. The van der Waals surface area contributed by atoms with Crippen LogP contribution in [0, 0.1) is 5.82 Å². The number of nitrogens with one attached hydrogen (secondary N) is 1. The zero-order valence-electron chi connectivity index (χ0n) is 10.9.